The Balaban J connectivity index is 1.88. The number of aryl methyl sites for hydroxylation is 1. The summed E-state index contributed by atoms with van der Waals surface area (Å²) in [6, 6.07) is 10.8. The third-order valence-electron chi connectivity index (χ3n) is 3.21. The van der Waals surface area contributed by atoms with Crippen molar-refractivity contribution in [1.82, 2.24) is 4.57 Å². The highest BCUT2D eigenvalue weighted by Crippen LogP contribution is 2.35. The Hall–Kier alpha value is -2.33. The van der Waals surface area contributed by atoms with Gasteiger partial charge in [-0.1, -0.05) is 24.3 Å². The lowest BCUT2D eigenvalue weighted by atomic mass is 10.1. The maximum atomic E-state index is 12.0. The zero-order valence-electron chi connectivity index (χ0n) is 10.4. The fraction of sp³-hybridized carbons (Fsp3) is 0.133. The minimum absolute atomic E-state index is 0.411. The van der Waals surface area contributed by atoms with Gasteiger partial charge in [-0.05, 0) is 23.8 Å². The molecule has 96 valence electrons. The maximum Gasteiger partial charge on any atom is 0.360 e. The number of aliphatic hydroxyl groups is 1. The predicted molar refractivity (Wildman–Crippen MR) is 70.2 cm³/mol. The molecule has 1 aliphatic rings. The van der Waals surface area contributed by atoms with Crippen molar-refractivity contribution < 1.29 is 14.6 Å². The van der Waals surface area contributed by atoms with Crippen LogP contribution in [0.5, 0.6) is 0 Å². The predicted octanol–water partition coefficient (Wildman–Crippen LogP) is 2.27. The number of carbonyl (C=O) groups is 1. The van der Waals surface area contributed by atoms with Crippen LogP contribution in [0.4, 0.5) is 0 Å². The molecule has 0 saturated heterocycles. The topological polar surface area (TPSA) is 51.5 Å². The van der Waals surface area contributed by atoms with Crippen LogP contribution in [0.2, 0.25) is 0 Å². The van der Waals surface area contributed by atoms with Gasteiger partial charge in [-0.15, -0.1) is 0 Å². The quantitative estimate of drug-likeness (QED) is 0.837. The lowest BCUT2D eigenvalue weighted by Gasteiger charge is -2.07. The second kappa shape index (κ2) is 4.40. The van der Waals surface area contributed by atoms with Gasteiger partial charge in [0.05, 0.1) is 0 Å². The van der Waals surface area contributed by atoms with E-state index in [1.165, 1.54) is 0 Å². The number of rotatable bonds is 2. The maximum absolute atomic E-state index is 12.0. The molecular formula is C15H13NO3. The van der Waals surface area contributed by atoms with Crippen molar-refractivity contribution in [3.8, 4) is 0 Å². The molecule has 4 nitrogen and oxygen atoms in total. The number of benzene rings is 1. The number of nitrogens with zero attached hydrogens (tertiary/aromatic N) is 1. The van der Waals surface area contributed by atoms with E-state index in [0.717, 1.165) is 11.1 Å². The molecular weight excluding hydrogens is 242 g/mol. The molecule has 1 aromatic heterocycles. The van der Waals surface area contributed by atoms with Crippen LogP contribution in [0.3, 0.4) is 0 Å². The first-order valence-corrected chi connectivity index (χ1v) is 5.99. The fourth-order valence-corrected chi connectivity index (χ4v) is 2.22. The highest BCUT2D eigenvalue weighted by molar-refractivity contribution is 5.92. The summed E-state index contributed by atoms with van der Waals surface area (Å²) in [5.74, 6) is -0.0167. The second-order valence-electron chi connectivity index (χ2n) is 4.46. The van der Waals surface area contributed by atoms with E-state index in [1.54, 1.807) is 36.0 Å². The first kappa shape index (κ1) is 11.7. The highest BCUT2D eigenvalue weighted by atomic mass is 16.5. The molecule has 0 amide bonds. The second-order valence-corrected chi connectivity index (χ2v) is 4.46. The van der Waals surface area contributed by atoms with Gasteiger partial charge >= 0.3 is 5.97 Å². The Bertz CT molecular complexity index is 670. The van der Waals surface area contributed by atoms with Crippen molar-refractivity contribution >= 4 is 11.7 Å². The van der Waals surface area contributed by atoms with Crippen LogP contribution in [0.1, 0.15) is 27.7 Å². The number of aromatic nitrogens is 1. The molecule has 4 heteroatoms. The number of fused-ring (bicyclic) bond motifs is 1. The molecule has 0 fully saturated rings. The van der Waals surface area contributed by atoms with Gasteiger partial charge in [-0.25, -0.2) is 4.79 Å². The Morgan fingerprint density at radius 2 is 2.05 bits per heavy atom. The third kappa shape index (κ3) is 1.96. The molecule has 0 radical (unpaired) electrons. The number of ether oxygens (including phenoxy) is 1. The van der Waals surface area contributed by atoms with E-state index in [-0.39, 0.29) is 0 Å². The van der Waals surface area contributed by atoms with E-state index in [4.69, 9.17) is 4.74 Å². The summed E-state index contributed by atoms with van der Waals surface area (Å²) in [4.78, 5) is 12.0. The molecule has 1 atom stereocenters. The molecule has 1 heterocycles. The third-order valence-corrected chi connectivity index (χ3v) is 3.21. The van der Waals surface area contributed by atoms with E-state index >= 15 is 0 Å². The zero-order chi connectivity index (χ0) is 13.4. The molecule has 0 spiro atoms. The molecule has 19 heavy (non-hydrogen) atoms. The Kier molecular flexibility index (Phi) is 2.72. The summed E-state index contributed by atoms with van der Waals surface area (Å²) in [7, 11) is 1.78. The summed E-state index contributed by atoms with van der Waals surface area (Å²) < 4.78 is 7.07. The van der Waals surface area contributed by atoms with Gasteiger partial charge in [-0.2, -0.15) is 0 Å². The normalized spacial score (nSPS) is 16.9. The number of hydrogen-bond donors (Lipinski definition) is 1. The average molecular weight is 255 g/mol. The SMILES string of the molecule is Cn1cccc1C(=O)OC1=CC(O)c2ccccc21. The average Bonchev–Trinajstić information content (AvgIpc) is 2.95. The van der Waals surface area contributed by atoms with Crippen molar-refractivity contribution in [3.05, 3.63) is 65.5 Å². The van der Waals surface area contributed by atoms with Crippen LogP contribution in [-0.2, 0) is 11.8 Å². The summed E-state index contributed by atoms with van der Waals surface area (Å²) in [6.07, 6.45) is 2.61. The van der Waals surface area contributed by atoms with E-state index in [1.807, 2.05) is 24.3 Å². The van der Waals surface area contributed by atoms with E-state index < -0.39 is 12.1 Å². The van der Waals surface area contributed by atoms with Gasteiger partial charge in [-0.3, -0.25) is 0 Å². The van der Waals surface area contributed by atoms with Crippen LogP contribution in [-0.4, -0.2) is 15.6 Å². The van der Waals surface area contributed by atoms with Crippen molar-refractivity contribution in [2.75, 3.05) is 0 Å². The minimum Gasteiger partial charge on any atom is -0.421 e. The molecule has 0 saturated carbocycles. The monoisotopic (exact) mass is 255 g/mol. The summed E-state index contributed by atoms with van der Waals surface area (Å²) in [5, 5.41) is 9.88. The van der Waals surface area contributed by atoms with E-state index in [0.29, 0.717) is 11.5 Å². The number of aliphatic hydroxyl groups excluding tert-OH is 1. The lowest BCUT2D eigenvalue weighted by molar-refractivity contribution is 0.0681. The molecule has 0 bridgehead atoms. The lowest BCUT2D eigenvalue weighted by Crippen LogP contribution is -2.08. The first-order chi connectivity index (χ1) is 9.16. The number of esters is 1. The van der Waals surface area contributed by atoms with Gasteiger partial charge in [0.1, 0.15) is 17.6 Å². The van der Waals surface area contributed by atoms with Gasteiger partial charge in [0, 0.05) is 18.8 Å². The molecule has 2 aromatic rings. The Morgan fingerprint density at radius 3 is 2.79 bits per heavy atom. The van der Waals surface area contributed by atoms with Gasteiger partial charge in [0.2, 0.25) is 0 Å². The van der Waals surface area contributed by atoms with Crippen molar-refractivity contribution in [2.45, 2.75) is 6.10 Å². The molecule has 1 unspecified atom stereocenters. The van der Waals surface area contributed by atoms with Crippen molar-refractivity contribution in [3.63, 3.8) is 0 Å². The Morgan fingerprint density at radius 1 is 1.26 bits per heavy atom. The van der Waals surface area contributed by atoms with Gasteiger partial charge < -0.3 is 14.4 Å². The smallest absolute Gasteiger partial charge is 0.360 e. The van der Waals surface area contributed by atoms with Gasteiger partial charge in [0.15, 0.2) is 0 Å². The van der Waals surface area contributed by atoms with Crippen LogP contribution >= 0.6 is 0 Å². The first-order valence-electron chi connectivity index (χ1n) is 5.99. The standard InChI is InChI=1S/C15H13NO3/c1-16-8-4-7-12(16)15(18)19-14-9-13(17)10-5-2-3-6-11(10)14/h2-9,13,17H,1H3. The highest BCUT2D eigenvalue weighted by Gasteiger charge is 2.24. The van der Waals surface area contributed by atoms with Crippen LogP contribution in [0.15, 0.2) is 48.7 Å². The summed E-state index contributed by atoms with van der Waals surface area (Å²) >= 11 is 0. The summed E-state index contributed by atoms with van der Waals surface area (Å²) in [6.45, 7) is 0. The van der Waals surface area contributed by atoms with Crippen molar-refractivity contribution in [2.24, 2.45) is 7.05 Å². The fourth-order valence-electron chi connectivity index (χ4n) is 2.22. The minimum atomic E-state index is -0.715. The molecule has 1 aliphatic carbocycles. The van der Waals surface area contributed by atoms with E-state index in [9.17, 15) is 9.90 Å². The van der Waals surface area contributed by atoms with Gasteiger partial charge in [0.25, 0.3) is 0 Å². The molecule has 0 aliphatic heterocycles. The molecule has 1 aromatic carbocycles. The number of carbonyl (C=O) groups excluding carboxylic acids is 1. The Labute approximate surface area is 110 Å². The van der Waals surface area contributed by atoms with Crippen LogP contribution in [0.25, 0.3) is 5.76 Å². The van der Waals surface area contributed by atoms with Crippen molar-refractivity contribution in [1.29, 1.82) is 0 Å². The zero-order valence-corrected chi connectivity index (χ0v) is 10.4. The van der Waals surface area contributed by atoms with Crippen LogP contribution < -0.4 is 0 Å². The molecule has 1 N–H and O–H groups in total. The van der Waals surface area contributed by atoms with Crippen LogP contribution in [0, 0.1) is 0 Å². The van der Waals surface area contributed by atoms with E-state index in [2.05, 4.69) is 0 Å². The largest absolute Gasteiger partial charge is 0.421 e. The molecule has 3 rings (SSSR count). The number of hydrogen-bond acceptors (Lipinski definition) is 3. The summed E-state index contributed by atoms with van der Waals surface area (Å²) in [5.41, 5.74) is 1.99.